The fraction of sp³-hybridized carbons (Fsp3) is 0.400. The Bertz CT molecular complexity index is 433. The number of pyridine rings is 1. The number of carboxylic acids is 1. The summed E-state index contributed by atoms with van der Waals surface area (Å²) in [6.07, 6.45) is 2.05. The minimum Gasteiger partial charge on any atom is -0.477 e. The number of aromatic amines is 1. The van der Waals surface area contributed by atoms with E-state index in [1.165, 1.54) is 6.07 Å². The molecule has 1 aromatic rings. The van der Waals surface area contributed by atoms with Gasteiger partial charge < -0.3 is 15.4 Å². The smallest absolute Gasteiger partial charge is 0.341 e. The molecule has 0 aromatic carbocycles. The lowest BCUT2D eigenvalue weighted by atomic mass is 10.1. The molecule has 0 amide bonds. The van der Waals surface area contributed by atoms with E-state index in [0.29, 0.717) is 0 Å². The number of H-pyrrole nitrogens is 1. The third kappa shape index (κ3) is 1.92. The number of rotatable bonds is 2. The standard InChI is InChI=1S/C10H12N2O3/c13-9-6(10(14)15)3-4-8(12-9)7-2-1-5-11-7/h3-4,7,11H,1-2,5H2,(H,12,13)(H,14,15). The summed E-state index contributed by atoms with van der Waals surface area (Å²) in [6.45, 7) is 0.938. The van der Waals surface area contributed by atoms with Crippen LogP contribution in [0.4, 0.5) is 0 Å². The summed E-state index contributed by atoms with van der Waals surface area (Å²) in [5, 5.41) is 11.9. The van der Waals surface area contributed by atoms with Crippen LogP contribution in [0.5, 0.6) is 0 Å². The third-order valence-corrected chi connectivity index (χ3v) is 2.60. The van der Waals surface area contributed by atoms with E-state index in [-0.39, 0.29) is 11.6 Å². The molecule has 0 radical (unpaired) electrons. The highest BCUT2D eigenvalue weighted by molar-refractivity contribution is 5.86. The average Bonchev–Trinajstić information content (AvgIpc) is 2.69. The maximum atomic E-state index is 11.4. The predicted molar refractivity (Wildman–Crippen MR) is 54.0 cm³/mol. The van der Waals surface area contributed by atoms with Gasteiger partial charge in [0.15, 0.2) is 0 Å². The molecule has 1 aromatic heterocycles. The molecule has 0 spiro atoms. The molecule has 5 heteroatoms. The number of carbonyl (C=O) groups is 1. The second-order valence-electron chi connectivity index (χ2n) is 3.61. The Balaban J connectivity index is 2.32. The van der Waals surface area contributed by atoms with Gasteiger partial charge in [-0.25, -0.2) is 4.79 Å². The van der Waals surface area contributed by atoms with Crippen LogP contribution in [0.2, 0.25) is 0 Å². The van der Waals surface area contributed by atoms with E-state index in [4.69, 9.17) is 5.11 Å². The van der Waals surface area contributed by atoms with Gasteiger partial charge >= 0.3 is 5.97 Å². The molecule has 1 aliphatic rings. The van der Waals surface area contributed by atoms with Crippen molar-refractivity contribution in [1.29, 1.82) is 0 Å². The predicted octanol–water partition coefficient (Wildman–Crippen LogP) is 0.498. The highest BCUT2D eigenvalue weighted by atomic mass is 16.4. The van der Waals surface area contributed by atoms with E-state index in [1.54, 1.807) is 6.07 Å². The average molecular weight is 208 g/mol. The van der Waals surface area contributed by atoms with Crippen LogP contribution in [0.15, 0.2) is 16.9 Å². The Labute approximate surface area is 86.1 Å². The van der Waals surface area contributed by atoms with Crippen molar-refractivity contribution in [1.82, 2.24) is 10.3 Å². The SMILES string of the molecule is O=C(O)c1ccc(C2CCCN2)[nH]c1=O. The van der Waals surface area contributed by atoms with Crippen molar-refractivity contribution in [3.63, 3.8) is 0 Å². The van der Waals surface area contributed by atoms with Gasteiger partial charge in [-0.1, -0.05) is 0 Å². The van der Waals surface area contributed by atoms with Gasteiger partial charge in [0.05, 0.1) is 0 Å². The summed E-state index contributed by atoms with van der Waals surface area (Å²) in [6, 6.07) is 3.17. The molecule has 1 fully saturated rings. The summed E-state index contributed by atoms with van der Waals surface area (Å²) in [5.41, 5.74) is 0.0212. The highest BCUT2D eigenvalue weighted by Gasteiger charge is 2.18. The Morgan fingerprint density at radius 3 is 2.80 bits per heavy atom. The van der Waals surface area contributed by atoms with E-state index in [2.05, 4.69) is 10.3 Å². The maximum absolute atomic E-state index is 11.4. The zero-order chi connectivity index (χ0) is 10.8. The van der Waals surface area contributed by atoms with Crippen molar-refractivity contribution < 1.29 is 9.90 Å². The molecule has 5 nitrogen and oxygen atoms in total. The van der Waals surface area contributed by atoms with Crippen LogP contribution in [-0.4, -0.2) is 22.6 Å². The van der Waals surface area contributed by atoms with Crippen molar-refractivity contribution in [2.45, 2.75) is 18.9 Å². The number of aromatic nitrogens is 1. The molecular formula is C10H12N2O3. The molecule has 1 atom stereocenters. The molecule has 2 rings (SSSR count). The molecule has 0 aliphatic carbocycles. The van der Waals surface area contributed by atoms with Crippen LogP contribution in [0.25, 0.3) is 0 Å². The largest absolute Gasteiger partial charge is 0.477 e. The molecule has 2 heterocycles. The molecule has 1 unspecified atom stereocenters. The summed E-state index contributed by atoms with van der Waals surface area (Å²) >= 11 is 0. The van der Waals surface area contributed by atoms with Crippen molar-refractivity contribution in [3.8, 4) is 0 Å². The van der Waals surface area contributed by atoms with Crippen molar-refractivity contribution in [3.05, 3.63) is 33.7 Å². The zero-order valence-electron chi connectivity index (χ0n) is 8.12. The van der Waals surface area contributed by atoms with Gasteiger partial charge in [-0.3, -0.25) is 4.79 Å². The van der Waals surface area contributed by atoms with Gasteiger partial charge in [0, 0.05) is 11.7 Å². The third-order valence-electron chi connectivity index (χ3n) is 2.60. The number of aromatic carboxylic acids is 1. The molecule has 1 aliphatic heterocycles. The first-order chi connectivity index (χ1) is 7.18. The highest BCUT2D eigenvalue weighted by Crippen LogP contribution is 2.19. The second kappa shape index (κ2) is 3.86. The zero-order valence-corrected chi connectivity index (χ0v) is 8.12. The van der Waals surface area contributed by atoms with Crippen LogP contribution < -0.4 is 10.9 Å². The number of hydrogen-bond donors (Lipinski definition) is 3. The van der Waals surface area contributed by atoms with Crippen LogP contribution >= 0.6 is 0 Å². The first-order valence-electron chi connectivity index (χ1n) is 4.88. The van der Waals surface area contributed by atoms with Crippen molar-refractivity contribution >= 4 is 5.97 Å². The normalized spacial score (nSPS) is 20.4. The van der Waals surface area contributed by atoms with Crippen LogP contribution in [0.1, 0.15) is 34.9 Å². The quantitative estimate of drug-likeness (QED) is 0.660. The minimum atomic E-state index is -1.19. The lowest BCUT2D eigenvalue weighted by Gasteiger charge is -2.09. The Kier molecular flexibility index (Phi) is 2.55. The lowest BCUT2D eigenvalue weighted by Crippen LogP contribution is -2.22. The topological polar surface area (TPSA) is 82.2 Å². The maximum Gasteiger partial charge on any atom is 0.341 e. The summed E-state index contributed by atoms with van der Waals surface area (Å²) in [7, 11) is 0. The lowest BCUT2D eigenvalue weighted by molar-refractivity contribution is 0.0695. The second-order valence-corrected chi connectivity index (χ2v) is 3.61. The van der Waals surface area contributed by atoms with Gasteiger partial charge in [0.25, 0.3) is 5.56 Å². The van der Waals surface area contributed by atoms with Gasteiger partial charge in [0.1, 0.15) is 5.56 Å². The van der Waals surface area contributed by atoms with E-state index < -0.39 is 11.5 Å². The molecule has 15 heavy (non-hydrogen) atoms. The Hall–Kier alpha value is -1.62. The van der Waals surface area contributed by atoms with Crippen molar-refractivity contribution in [2.75, 3.05) is 6.54 Å². The molecule has 0 bridgehead atoms. The molecule has 3 N–H and O–H groups in total. The molecule has 80 valence electrons. The minimum absolute atomic E-state index is 0.153. The summed E-state index contributed by atoms with van der Waals surface area (Å²) in [5.74, 6) is -1.19. The first kappa shape index (κ1) is 9.92. The van der Waals surface area contributed by atoms with Crippen LogP contribution in [0, 0.1) is 0 Å². The number of hydrogen-bond acceptors (Lipinski definition) is 3. The van der Waals surface area contributed by atoms with E-state index >= 15 is 0 Å². The van der Waals surface area contributed by atoms with Crippen LogP contribution in [-0.2, 0) is 0 Å². The molecular weight excluding hydrogens is 196 g/mol. The van der Waals surface area contributed by atoms with Gasteiger partial charge in [-0.15, -0.1) is 0 Å². The van der Waals surface area contributed by atoms with Gasteiger partial charge in [0.2, 0.25) is 0 Å². The van der Waals surface area contributed by atoms with Crippen LogP contribution in [0.3, 0.4) is 0 Å². The summed E-state index contributed by atoms with van der Waals surface area (Å²) in [4.78, 5) is 24.6. The first-order valence-corrected chi connectivity index (χ1v) is 4.88. The summed E-state index contributed by atoms with van der Waals surface area (Å²) < 4.78 is 0. The fourth-order valence-corrected chi connectivity index (χ4v) is 1.81. The van der Waals surface area contributed by atoms with E-state index in [0.717, 1.165) is 25.1 Å². The fourth-order valence-electron chi connectivity index (χ4n) is 1.81. The van der Waals surface area contributed by atoms with E-state index in [9.17, 15) is 9.59 Å². The van der Waals surface area contributed by atoms with Gasteiger partial charge in [-0.2, -0.15) is 0 Å². The van der Waals surface area contributed by atoms with E-state index in [1.807, 2.05) is 0 Å². The monoisotopic (exact) mass is 208 g/mol. The molecule has 1 saturated heterocycles. The number of carboxylic acid groups (broad SMARTS) is 1. The Morgan fingerprint density at radius 1 is 1.47 bits per heavy atom. The number of nitrogens with one attached hydrogen (secondary N) is 2. The van der Waals surface area contributed by atoms with Gasteiger partial charge in [-0.05, 0) is 31.5 Å². The van der Waals surface area contributed by atoms with Crippen molar-refractivity contribution in [2.24, 2.45) is 0 Å². The molecule has 0 saturated carbocycles. The Morgan fingerprint density at radius 2 is 2.27 bits per heavy atom.